The number of amides is 1. The Morgan fingerprint density at radius 1 is 1.59 bits per heavy atom. The lowest BCUT2D eigenvalue weighted by Gasteiger charge is -2.32. The summed E-state index contributed by atoms with van der Waals surface area (Å²) in [7, 11) is 1.54. The van der Waals surface area contributed by atoms with Crippen LogP contribution in [0.4, 0.5) is 0 Å². The van der Waals surface area contributed by atoms with E-state index >= 15 is 0 Å². The molecule has 0 aromatic rings. The van der Waals surface area contributed by atoms with E-state index in [1.165, 1.54) is 7.11 Å². The Kier molecular flexibility index (Phi) is 5.88. The Balaban J connectivity index is 2.38. The van der Waals surface area contributed by atoms with Crippen molar-refractivity contribution in [3.8, 4) is 0 Å². The van der Waals surface area contributed by atoms with Gasteiger partial charge in [-0.05, 0) is 18.8 Å². The Morgan fingerprint density at radius 2 is 2.29 bits per heavy atom. The predicted octanol–water partition coefficient (Wildman–Crippen LogP) is 0.280. The lowest BCUT2D eigenvalue weighted by Crippen LogP contribution is -2.50. The number of nitrogens with two attached hydrogens (primary N) is 1. The molecule has 5 nitrogen and oxygen atoms in total. The predicted molar refractivity (Wildman–Crippen MR) is 65.6 cm³/mol. The smallest absolute Gasteiger partial charge is 0.239 e. The normalized spacial score (nSPS) is 26.9. The van der Waals surface area contributed by atoms with Crippen LogP contribution in [0.15, 0.2) is 0 Å². The van der Waals surface area contributed by atoms with Crippen LogP contribution in [0.5, 0.6) is 0 Å². The van der Waals surface area contributed by atoms with Crippen molar-refractivity contribution in [1.82, 2.24) is 5.32 Å². The zero-order valence-corrected chi connectivity index (χ0v) is 10.9. The molecule has 1 heterocycles. The monoisotopic (exact) mass is 244 g/mol. The van der Waals surface area contributed by atoms with Crippen LogP contribution in [0, 0.1) is 5.92 Å². The average molecular weight is 244 g/mol. The van der Waals surface area contributed by atoms with E-state index < -0.39 is 6.04 Å². The molecule has 3 unspecified atom stereocenters. The van der Waals surface area contributed by atoms with E-state index in [9.17, 15) is 4.79 Å². The molecule has 1 rings (SSSR count). The molecule has 1 saturated heterocycles. The highest BCUT2D eigenvalue weighted by atomic mass is 16.5. The fraction of sp³-hybridized carbons (Fsp3) is 0.917. The summed E-state index contributed by atoms with van der Waals surface area (Å²) in [5, 5.41) is 2.96. The van der Waals surface area contributed by atoms with Crippen LogP contribution in [-0.4, -0.2) is 44.4 Å². The summed E-state index contributed by atoms with van der Waals surface area (Å²) in [6.45, 7) is 5.22. The Bertz CT molecular complexity index is 246. The second-order valence-electron chi connectivity index (χ2n) is 4.94. The Morgan fingerprint density at radius 3 is 2.88 bits per heavy atom. The summed E-state index contributed by atoms with van der Waals surface area (Å²) in [5.41, 5.74) is 5.67. The van der Waals surface area contributed by atoms with Crippen LogP contribution in [0.25, 0.3) is 0 Å². The summed E-state index contributed by atoms with van der Waals surface area (Å²) in [6, 6.07) is -0.410. The molecular formula is C12H24N2O3. The van der Waals surface area contributed by atoms with Crippen LogP contribution >= 0.6 is 0 Å². The van der Waals surface area contributed by atoms with Gasteiger partial charge in [-0.25, -0.2) is 0 Å². The van der Waals surface area contributed by atoms with Gasteiger partial charge in [-0.3, -0.25) is 4.79 Å². The van der Waals surface area contributed by atoms with E-state index in [1.54, 1.807) is 0 Å². The van der Waals surface area contributed by atoms with Gasteiger partial charge in [0.25, 0.3) is 0 Å². The third-order valence-corrected chi connectivity index (χ3v) is 3.09. The standard InChI is InChI=1S/C12H24N2O3/c1-8(2)11-6-9(4-5-17-11)14-12(15)10(13)7-16-3/h8-11H,4-7,13H2,1-3H3,(H,14,15). The van der Waals surface area contributed by atoms with E-state index in [4.69, 9.17) is 15.2 Å². The summed E-state index contributed by atoms with van der Waals surface area (Å²) >= 11 is 0. The maximum Gasteiger partial charge on any atom is 0.239 e. The molecule has 0 spiro atoms. The van der Waals surface area contributed by atoms with E-state index in [-0.39, 0.29) is 24.7 Å². The van der Waals surface area contributed by atoms with Crippen LogP contribution in [0.1, 0.15) is 26.7 Å². The lowest BCUT2D eigenvalue weighted by molar-refractivity contribution is -0.125. The van der Waals surface area contributed by atoms with Crippen LogP contribution in [0.3, 0.4) is 0 Å². The van der Waals surface area contributed by atoms with Gasteiger partial charge < -0.3 is 20.5 Å². The Labute approximate surface area is 103 Å². The minimum Gasteiger partial charge on any atom is -0.383 e. The maximum atomic E-state index is 11.7. The average Bonchev–Trinajstić information content (AvgIpc) is 2.29. The van der Waals surface area contributed by atoms with Crippen molar-refractivity contribution in [3.05, 3.63) is 0 Å². The fourth-order valence-electron chi connectivity index (χ4n) is 1.99. The number of carbonyl (C=O) groups excluding carboxylic acids is 1. The first-order valence-corrected chi connectivity index (χ1v) is 6.21. The molecule has 1 aliphatic rings. The molecule has 0 aromatic carbocycles. The maximum absolute atomic E-state index is 11.7. The highest BCUT2D eigenvalue weighted by molar-refractivity contribution is 5.81. The van der Waals surface area contributed by atoms with Crippen LogP contribution in [0.2, 0.25) is 0 Å². The molecule has 0 saturated carbocycles. The Hall–Kier alpha value is -0.650. The number of rotatable bonds is 5. The van der Waals surface area contributed by atoms with Crippen LogP contribution < -0.4 is 11.1 Å². The minimum atomic E-state index is -0.583. The summed E-state index contributed by atoms with van der Waals surface area (Å²) in [4.78, 5) is 11.7. The van der Waals surface area contributed by atoms with Gasteiger partial charge in [0.2, 0.25) is 5.91 Å². The molecule has 1 aliphatic heterocycles. The number of hydrogen-bond donors (Lipinski definition) is 2. The quantitative estimate of drug-likeness (QED) is 0.728. The van der Waals surface area contributed by atoms with Crippen molar-refractivity contribution in [2.75, 3.05) is 20.3 Å². The molecule has 0 radical (unpaired) electrons. The second kappa shape index (κ2) is 6.93. The number of carbonyl (C=O) groups is 1. The van der Waals surface area contributed by atoms with Crippen molar-refractivity contribution < 1.29 is 14.3 Å². The molecule has 1 fully saturated rings. The van der Waals surface area contributed by atoms with Gasteiger partial charge in [0.05, 0.1) is 12.7 Å². The minimum absolute atomic E-state index is 0.138. The van der Waals surface area contributed by atoms with Gasteiger partial charge in [0.1, 0.15) is 6.04 Å². The lowest BCUT2D eigenvalue weighted by atomic mass is 9.95. The molecule has 1 amide bonds. The zero-order chi connectivity index (χ0) is 12.8. The molecule has 3 atom stereocenters. The summed E-state index contributed by atoms with van der Waals surface area (Å²) in [5.74, 6) is 0.337. The van der Waals surface area contributed by atoms with Gasteiger partial charge in [0.15, 0.2) is 0 Å². The van der Waals surface area contributed by atoms with Gasteiger partial charge in [-0.2, -0.15) is 0 Å². The largest absolute Gasteiger partial charge is 0.383 e. The van der Waals surface area contributed by atoms with Crippen molar-refractivity contribution in [3.63, 3.8) is 0 Å². The number of methoxy groups -OCH3 is 1. The van der Waals surface area contributed by atoms with Crippen molar-refractivity contribution >= 4 is 5.91 Å². The van der Waals surface area contributed by atoms with Crippen molar-refractivity contribution in [1.29, 1.82) is 0 Å². The molecular weight excluding hydrogens is 220 g/mol. The molecule has 0 aromatic heterocycles. The van der Waals surface area contributed by atoms with E-state index in [0.29, 0.717) is 12.5 Å². The highest BCUT2D eigenvalue weighted by Gasteiger charge is 2.27. The second-order valence-corrected chi connectivity index (χ2v) is 4.94. The zero-order valence-electron chi connectivity index (χ0n) is 10.9. The third kappa shape index (κ3) is 4.61. The summed E-state index contributed by atoms with van der Waals surface area (Å²) < 4.78 is 10.5. The first-order valence-electron chi connectivity index (χ1n) is 6.21. The number of ether oxygens (including phenoxy) is 2. The topological polar surface area (TPSA) is 73.6 Å². The molecule has 3 N–H and O–H groups in total. The molecule has 5 heteroatoms. The molecule has 100 valence electrons. The van der Waals surface area contributed by atoms with Crippen molar-refractivity contribution in [2.45, 2.75) is 44.9 Å². The van der Waals surface area contributed by atoms with E-state index in [0.717, 1.165) is 12.8 Å². The first-order chi connectivity index (χ1) is 8.04. The van der Waals surface area contributed by atoms with Gasteiger partial charge in [0, 0.05) is 19.8 Å². The van der Waals surface area contributed by atoms with Gasteiger partial charge in [-0.15, -0.1) is 0 Å². The van der Waals surface area contributed by atoms with E-state index in [1.807, 2.05) is 0 Å². The van der Waals surface area contributed by atoms with E-state index in [2.05, 4.69) is 19.2 Å². The fourth-order valence-corrected chi connectivity index (χ4v) is 1.99. The van der Waals surface area contributed by atoms with Crippen LogP contribution in [-0.2, 0) is 14.3 Å². The third-order valence-electron chi connectivity index (χ3n) is 3.09. The summed E-state index contributed by atoms with van der Waals surface area (Å²) in [6.07, 6.45) is 1.95. The first kappa shape index (κ1) is 14.4. The number of nitrogens with one attached hydrogen (secondary N) is 1. The molecule has 17 heavy (non-hydrogen) atoms. The number of hydrogen-bond acceptors (Lipinski definition) is 4. The molecule has 0 bridgehead atoms. The SMILES string of the molecule is COCC(N)C(=O)NC1CCOC(C(C)C)C1. The van der Waals surface area contributed by atoms with Crippen molar-refractivity contribution in [2.24, 2.45) is 11.7 Å². The highest BCUT2D eigenvalue weighted by Crippen LogP contribution is 2.20. The molecule has 0 aliphatic carbocycles. The van der Waals surface area contributed by atoms with Gasteiger partial charge in [-0.1, -0.05) is 13.8 Å². The van der Waals surface area contributed by atoms with Gasteiger partial charge >= 0.3 is 0 Å².